The topological polar surface area (TPSA) is 42.2 Å². The lowest BCUT2D eigenvalue weighted by Crippen LogP contribution is -2.12. The van der Waals surface area contributed by atoms with Crippen molar-refractivity contribution in [1.29, 1.82) is 0 Å². The molecule has 0 unspecified atom stereocenters. The van der Waals surface area contributed by atoms with Crippen LogP contribution >= 0.6 is 23.2 Å². The van der Waals surface area contributed by atoms with E-state index in [4.69, 9.17) is 27.6 Å². The Morgan fingerprint density at radius 3 is 2.71 bits per heavy atom. The zero-order valence-electron chi connectivity index (χ0n) is 8.34. The normalized spacial score (nSPS) is 10.3. The van der Waals surface area contributed by atoms with Crippen molar-refractivity contribution < 1.29 is 13.6 Å². The number of amides is 1. The summed E-state index contributed by atoms with van der Waals surface area (Å²) in [5.41, 5.74) is 0.116. The molecule has 1 heterocycles. The van der Waals surface area contributed by atoms with E-state index in [1.165, 1.54) is 30.5 Å². The first-order valence-electron chi connectivity index (χ1n) is 4.58. The SMILES string of the molecule is O=C(Nc1cccc(Cl)c1F)c1ccoc1Cl. The van der Waals surface area contributed by atoms with Crippen molar-refractivity contribution >= 4 is 34.8 Å². The molecule has 88 valence electrons. The van der Waals surface area contributed by atoms with E-state index < -0.39 is 11.7 Å². The highest BCUT2D eigenvalue weighted by atomic mass is 35.5. The van der Waals surface area contributed by atoms with E-state index in [1.54, 1.807) is 0 Å². The zero-order valence-corrected chi connectivity index (χ0v) is 9.85. The van der Waals surface area contributed by atoms with Crippen molar-refractivity contribution in [1.82, 2.24) is 0 Å². The highest BCUT2D eigenvalue weighted by molar-refractivity contribution is 6.33. The van der Waals surface area contributed by atoms with Crippen LogP contribution in [0, 0.1) is 5.82 Å². The van der Waals surface area contributed by atoms with Gasteiger partial charge in [0.1, 0.15) is 0 Å². The minimum Gasteiger partial charge on any atom is -0.452 e. The quantitative estimate of drug-likeness (QED) is 0.900. The molecule has 0 saturated heterocycles. The summed E-state index contributed by atoms with van der Waals surface area (Å²) in [6.07, 6.45) is 1.27. The van der Waals surface area contributed by atoms with Crippen LogP contribution in [0.25, 0.3) is 0 Å². The Bertz CT molecular complexity index is 568. The third-order valence-corrected chi connectivity index (χ3v) is 2.65. The van der Waals surface area contributed by atoms with Crippen LogP contribution in [-0.2, 0) is 0 Å². The highest BCUT2D eigenvalue weighted by Crippen LogP contribution is 2.24. The lowest BCUT2D eigenvalue weighted by atomic mass is 10.2. The van der Waals surface area contributed by atoms with Crippen LogP contribution in [0.15, 0.2) is 34.9 Å². The summed E-state index contributed by atoms with van der Waals surface area (Å²) >= 11 is 11.2. The van der Waals surface area contributed by atoms with E-state index in [2.05, 4.69) is 5.32 Å². The maximum Gasteiger partial charge on any atom is 0.260 e. The molecule has 6 heteroatoms. The number of nitrogens with one attached hydrogen (secondary N) is 1. The van der Waals surface area contributed by atoms with Crippen LogP contribution in [0.1, 0.15) is 10.4 Å². The summed E-state index contributed by atoms with van der Waals surface area (Å²) in [5, 5.41) is 2.23. The van der Waals surface area contributed by atoms with Crippen molar-refractivity contribution in [2.45, 2.75) is 0 Å². The molecule has 0 atom stereocenters. The standard InChI is InChI=1S/C11H6Cl2FNO2/c12-7-2-1-3-8(9(7)14)15-11(16)6-4-5-17-10(6)13/h1-5H,(H,15,16). The highest BCUT2D eigenvalue weighted by Gasteiger charge is 2.15. The fraction of sp³-hybridized carbons (Fsp3) is 0. The summed E-state index contributed by atoms with van der Waals surface area (Å²) in [5.74, 6) is -1.26. The predicted molar refractivity (Wildman–Crippen MR) is 63.1 cm³/mol. The van der Waals surface area contributed by atoms with Gasteiger partial charge in [-0.15, -0.1) is 0 Å². The van der Waals surface area contributed by atoms with Crippen LogP contribution in [0.5, 0.6) is 0 Å². The Morgan fingerprint density at radius 2 is 2.06 bits per heavy atom. The van der Waals surface area contributed by atoms with Gasteiger partial charge in [-0.2, -0.15) is 0 Å². The maximum atomic E-state index is 13.5. The molecule has 1 aromatic carbocycles. The third-order valence-electron chi connectivity index (χ3n) is 2.06. The Kier molecular flexibility index (Phi) is 3.36. The second-order valence-electron chi connectivity index (χ2n) is 3.16. The van der Waals surface area contributed by atoms with E-state index in [9.17, 15) is 9.18 Å². The summed E-state index contributed by atoms with van der Waals surface area (Å²) in [7, 11) is 0. The average Bonchev–Trinajstić information content (AvgIpc) is 2.71. The zero-order chi connectivity index (χ0) is 12.4. The second-order valence-corrected chi connectivity index (χ2v) is 3.91. The molecule has 2 rings (SSSR count). The summed E-state index contributed by atoms with van der Waals surface area (Å²) < 4.78 is 18.3. The van der Waals surface area contributed by atoms with Gasteiger partial charge in [0, 0.05) is 0 Å². The van der Waals surface area contributed by atoms with Crippen molar-refractivity contribution in [3.8, 4) is 0 Å². The molecule has 3 nitrogen and oxygen atoms in total. The predicted octanol–water partition coefficient (Wildman–Crippen LogP) is 3.98. The van der Waals surface area contributed by atoms with Crippen LogP contribution in [0.2, 0.25) is 10.2 Å². The molecule has 0 aliphatic rings. The number of carbonyl (C=O) groups excluding carboxylic acids is 1. The number of hydrogen-bond donors (Lipinski definition) is 1. The van der Waals surface area contributed by atoms with Gasteiger partial charge in [0.05, 0.1) is 22.5 Å². The summed E-state index contributed by atoms with van der Waals surface area (Å²) in [4.78, 5) is 11.7. The van der Waals surface area contributed by atoms with Crippen LogP contribution in [0.4, 0.5) is 10.1 Å². The van der Waals surface area contributed by atoms with E-state index in [-0.39, 0.29) is 21.5 Å². The number of halogens is 3. The lowest BCUT2D eigenvalue weighted by Gasteiger charge is -2.05. The first kappa shape index (κ1) is 12.0. The molecular weight excluding hydrogens is 268 g/mol. The van der Waals surface area contributed by atoms with Crippen LogP contribution in [0.3, 0.4) is 0 Å². The molecule has 1 amide bonds. The third kappa shape index (κ3) is 2.43. The van der Waals surface area contributed by atoms with E-state index in [0.717, 1.165) is 0 Å². The number of furan rings is 1. The van der Waals surface area contributed by atoms with Gasteiger partial charge < -0.3 is 9.73 Å². The molecule has 0 aliphatic heterocycles. The van der Waals surface area contributed by atoms with Gasteiger partial charge in [-0.3, -0.25) is 4.79 Å². The van der Waals surface area contributed by atoms with Crippen molar-refractivity contribution in [2.75, 3.05) is 5.32 Å². The Morgan fingerprint density at radius 1 is 1.29 bits per heavy atom. The minimum absolute atomic E-state index is 0.0141. The fourth-order valence-electron chi connectivity index (χ4n) is 1.25. The van der Waals surface area contributed by atoms with E-state index in [1.807, 2.05) is 0 Å². The maximum absolute atomic E-state index is 13.5. The van der Waals surface area contributed by atoms with Crippen molar-refractivity contribution in [3.63, 3.8) is 0 Å². The second kappa shape index (κ2) is 4.77. The molecule has 0 spiro atoms. The Labute approximate surface area is 106 Å². The molecule has 1 N–H and O–H groups in total. The number of benzene rings is 1. The van der Waals surface area contributed by atoms with Gasteiger partial charge in [0.15, 0.2) is 5.82 Å². The van der Waals surface area contributed by atoms with E-state index in [0.29, 0.717) is 0 Å². The molecule has 1 aromatic heterocycles. The minimum atomic E-state index is -0.692. The first-order chi connectivity index (χ1) is 8.09. The van der Waals surface area contributed by atoms with Gasteiger partial charge in [-0.1, -0.05) is 17.7 Å². The van der Waals surface area contributed by atoms with Crippen LogP contribution < -0.4 is 5.32 Å². The lowest BCUT2D eigenvalue weighted by molar-refractivity contribution is 0.102. The summed E-state index contributed by atoms with van der Waals surface area (Å²) in [6, 6.07) is 5.70. The smallest absolute Gasteiger partial charge is 0.260 e. The Balaban J connectivity index is 2.25. The number of carbonyl (C=O) groups is 1. The number of hydrogen-bond acceptors (Lipinski definition) is 2. The van der Waals surface area contributed by atoms with Gasteiger partial charge in [-0.25, -0.2) is 4.39 Å². The molecule has 0 fully saturated rings. The van der Waals surface area contributed by atoms with Gasteiger partial charge in [0.2, 0.25) is 5.22 Å². The Hall–Kier alpha value is -1.52. The molecule has 2 aromatic rings. The molecule has 0 aliphatic carbocycles. The largest absolute Gasteiger partial charge is 0.452 e. The van der Waals surface area contributed by atoms with Gasteiger partial charge in [0.25, 0.3) is 5.91 Å². The first-order valence-corrected chi connectivity index (χ1v) is 5.33. The molecular formula is C11H6Cl2FNO2. The van der Waals surface area contributed by atoms with E-state index >= 15 is 0 Å². The number of anilines is 1. The molecule has 17 heavy (non-hydrogen) atoms. The average molecular weight is 274 g/mol. The molecule has 0 bridgehead atoms. The fourth-order valence-corrected chi connectivity index (χ4v) is 1.62. The number of rotatable bonds is 2. The van der Waals surface area contributed by atoms with Gasteiger partial charge in [-0.05, 0) is 29.8 Å². The summed E-state index contributed by atoms with van der Waals surface area (Å²) in [6.45, 7) is 0. The molecule has 0 radical (unpaired) electrons. The monoisotopic (exact) mass is 273 g/mol. The van der Waals surface area contributed by atoms with Gasteiger partial charge >= 0.3 is 0 Å². The van der Waals surface area contributed by atoms with Crippen molar-refractivity contribution in [2.24, 2.45) is 0 Å². The van der Waals surface area contributed by atoms with Crippen LogP contribution in [-0.4, -0.2) is 5.91 Å². The molecule has 0 saturated carbocycles. The van der Waals surface area contributed by atoms with Crippen molar-refractivity contribution in [3.05, 3.63) is 52.2 Å².